The average molecular weight is 295 g/mol. The van der Waals surface area contributed by atoms with Crippen molar-refractivity contribution in [1.29, 1.82) is 0 Å². The minimum absolute atomic E-state index is 0.150. The van der Waals surface area contributed by atoms with Crippen LogP contribution in [0, 0.1) is 0 Å². The van der Waals surface area contributed by atoms with Gasteiger partial charge in [0, 0.05) is 12.5 Å². The molecule has 0 atom stereocenters. The molecule has 0 aliphatic heterocycles. The lowest BCUT2D eigenvalue weighted by Crippen LogP contribution is -2.06. The second-order valence-corrected chi connectivity index (χ2v) is 4.54. The van der Waals surface area contributed by atoms with E-state index in [0.717, 1.165) is 5.56 Å². The Labute approximate surface area is 126 Å². The first-order chi connectivity index (χ1) is 10.7. The van der Waals surface area contributed by atoms with Crippen molar-refractivity contribution in [2.75, 3.05) is 5.32 Å². The molecule has 110 valence electrons. The van der Waals surface area contributed by atoms with Crippen molar-refractivity contribution in [2.24, 2.45) is 0 Å². The van der Waals surface area contributed by atoms with Crippen LogP contribution >= 0.6 is 0 Å². The molecule has 0 unspecified atom stereocenters. The van der Waals surface area contributed by atoms with Gasteiger partial charge in [-0.3, -0.25) is 4.79 Å². The average Bonchev–Trinajstić information content (AvgIpc) is 3.04. The van der Waals surface area contributed by atoms with Crippen LogP contribution < -0.4 is 10.1 Å². The number of amides is 1. The van der Waals surface area contributed by atoms with E-state index in [4.69, 9.17) is 4.74 Å². The van der Waals surface area contributed by atoms with Crippen LogP contribution in [-0.2, 0) is 4.79 Å². The Hall–Kier alpha value is -3.22. The fourth-order valence-corrected chi connectivity index (χ4v) is 1.93. The van der Waals surface area contributed by atoms with Gasteiger partial charge in [0.25, 0.3) is 0 Å². The zero-order valence-corrected chi connectivity index (χ0v) is 11.8. The summed E-state index contributed by atoms with van der Waals surface area (Å²) in [6.45, 7) is 1.45. The number of hydrogen-bond donors (Lipinski definition) is 2. The molecule has 2 aromatic carbocycles. The summed E-state index contributed by atoms with van der Waals surface area (Å²) in [5.74, 6) is 1.59. The zero-order chi connectivity index (χ0) is 15.4. The zero-order valence-electron chi connectivity index (χ0n) is 11.8. The summed E-state index contributed by atoms with van der Waals surface area (Å²) in [7, 11) is 0. The smallest absolute Gasteiger partial charge is 0.221 e. The molecular weight excluding hydrogens is 282 g/mol. The molecule has 7 nitrogen and oxygen atoms in total. The van der Waals surface area contributed by atoms with Crippen molar-refractivity contribution in [1.82, 2.24) is 20.6 Å². The third-order valence-corrected chi connectivity index (χ3v) is 2.88. The molecule has 0 fully saturated rings. The number of rotatable bonds is 4. The maximum Gasteiger partial charge on any atom is 0.221 e. The number of benzene rings is 2. The first kappa shape index (κ1) is 13.7. The van der Waals surface area contributed by atoms with E-state index in [0.29, 0.717) is 23.0 Å². The van der Waals surface area contributed by atoms with Crippen molar-refractivity contribution >= 4 is 11.6 Å². The molecular formula is C15H13N5O2. The number of para-hydroxylation sites is 2. The van der Waals surface area contributed by atoms with E-state index in [-0.39, 0.29) is 5.91 Å². The molecule has 1 aromatic heterocycles. The van der Waals surface area contributed by atoms with Crippen molar-refractivity contribution in [2.45, 2.75) is 6.92 Å². The highest BCUT2D eigenvalue weighted by atomic mass is 16.5. The van der Waals surface area contributed by atoms with Crippen LogP contribution in [-0.4, -0.2) is 26.5 Å². The van der Waals surface area contributed by atoms with E-state index in [1.54, 1.807) is 24.3 Å². The minimum Gasteiger partial charge on any atom is -0.455 e. The Kier molecular flexibility index (Phi) is 3.78. The number of tetrazole rings is 1. The maximum atomic E-state index is 11.2. The summed E-state index contributed by atoms with van der Waals surface area (Å²) in [6, 6.07) is 14.5. The van der Waals surface area contributed by atoms with Crippen molar-refractivity contribution in [3.05, 3.63) is 48.5 Å². The molecule has 2 N–H and O–H groups in total. The van der Waals surface area contributed by atoms with Gasteiger partial charge >= 0.3 is 0 Å². The topological polar surface area (TPSA) is 92.8 Å². The summed E-state index contributed by atoms with van der Waals surface area (Å²) in [5.41, 5.74) is 1.45. The predicted molar refractivity (Wildman–Crippen MR) is 80.4 cm³/mol. The Bertz CT molecular complexity index is 769. The van der Waals surface area contributed by atoms with Crippen LogP contribution in [0.2, 0.25) is 0 Å². The molecule has 1 heterocycles. The molecule has 0 aliphatic rings. The van der Waals surface area contributed by atoms with Crippen molar-refractivity contribution in [3.8, 4) is 22.9 Å². The Morgan fingerprint density at radius 2 is 1.91 bits per heavy atom. The molecule has 22 heavy (non-hydrogen) atoms. The third-order valence-electron chi connectivity index (χ3n) is 2.88. The minimum atomic E-state index is -0.150. The number of nitrogens with one attached hydrogen (secondary N) is 2. The summed E-state index contributed by atoms with van der Waals surface area (Å²) in [5, 5.41) is 16.5. The number of nitrogens with zero attached hydrogens (tertiary/aromatic N) is 3. The highest BCUT2D eigenvalue weighted by molar-refractivity contribution is 5.90. The molecule has 0 radical (unpaired) electrons. The quantitative estimate of drug-likeness (QED) is 0.771. The summed E-state index contributed by atoms with van der Waals surface area (Å²) < 4.78 is 5.80. The molecule has 1 amide bonds. The number of carbonyl (C=O) groups excluding carboxylic acids is 1. The Morgan fingerprint density at radius 1 is 1.14 bits per heavy atom. The second-order valence-electron chi connectivity index (χ2n) is 4.54. The van der Waals surface area contributed by atoms with Crippen LogP contribution in [0.15, 0.2) is 48.5 Å². The highest BCUT2D eigenvalue weighted by Crippen LogP contribution is 2.30. The molecule has 3 rings (SSSR count). The Balaban J connectivity index is 1.80. The van der Waals surface area contributed by atoms with Crippen LogP contribution in [0.4, 0.5) is 5.69 Å². The first-order valence-corrected chi connectivity index (χ1v) is 6.61. The van der Waals surface area contributed by atoms with Gasteiger partial charge in [0.2, 0.25) is 11.7 Å². The number of ether oxygens (including phenoxy) is 1. The predicted octanol–water partition coefficient (Wildman–Crippen LogP) is 2.62. The molecule has 7 heteroatoms. The van der Waals surface area contributed by atoms with E-state index in [1.165, 1.54) is 6.92 Å². The highest BCUT2D eigenvalue weighted by Gasteiger charge is 2.07. The molecule has 0 saturated carbocycles. The number of anilines is 1. The van der Waals surface area contributed by atoms with Crippen molar-refractivity contribution < 1.29 is 9.53 Å². The van der Waals surface area contributed by atoms with E-state index in [9.17, 15) is 4.79 Å². The second kappa shape index (κ2) is 6.04. The lowest BCUT2D eigenvalue weighted by molar-refractivity contribution is -0.114. The third kappa shape index (κ3) is 3.09. The largest absolute Gasteiger partial charge is 0.455 e. The number of hydrogen-bond acceptors (Lipinski definition) is 5. The van der Waals surface area contributed by atoms with E-state index < -0.39 is 0 Å². The van der Waals surface area contributed by atoms with Gasteiger partial charge in [-0.05, 0) is 41.6 Å². The van der Waals surface area contributed by atoms with Gasteiger partial charge in [-0.25, -0.2) is 0 Å². The van der Waals surface area contributed by atoms with Crippen molar-refractivity contribution in [3.63, 3.8) is 0 Å². The fourth-order valence-electron chi connectivity index (χ4n) is 1.93. The van der Waals surface area contributed by atoms with Gasteiger partial charge in [-0.15, -0.1) is 10.2 Å². The van der Waals surface area contributed by atoms with E-state index in [2.05, 4.69) is 25.9 Å². The number of carbonyl (C=O) groups is 1. The van der Waals surface area contributed by atoms with Gasteiger partial charge in [-0.1, -0.05) is 12.1 Å². The summed E-state index contributed by atoms with van der Waals surface area (Å²) >= 11 is 0. The number of aromatic nitrogens is 4. The van der Waals surface area contributed by atoms with Gasteiger partial charge in [0.15, 0.2) is 5.75 Å². The Morgan fingerprint density at radius 3 is 2.59 bits per heavy atom. The van der Waals surface area contributed by atoms with Gasteiger partial charge in [0.05, 0.1) is 5.69 Å². The molecule has 0 aliphatic carbocycles. The van der Waals surface area contributed by atoms with Crippen LogP contribution in [0.1, 0.15) is 6.92 Å². The maximum absolute atomic E-state index is 11.2. The normalized spacial score (nSPS) is 10.2. The van der Waals surface area contributed by atoms with Crippen LogP contribution in [0.3, 0.4) is 0 Å². The van der Waals surface area contributed by atoms with E-state index >= 15 is 0 Å². The molecule has 0 bridgehead atoms. The monoisotopic (exact) mass is 295 g/mol. The first-order valence-electron chi connectivity index (χ1n) is 6.61. The lowest BCUT2D eigenvalue weighted by atomic mass is 10.2. The standard InChI is InChI=1S/C15H13N5O2/c1-10(21)16-13-4-2-3-5-14(13)22-12-8-6-11(7-9-12)15-17-19-20-18-15/h2-9H,1H3,(H,16,21)(H,17,18,19,20). The van der Waals surface area contributed by atoms with Crippen LogP contribution in [0.25, 0.3) is 11.4 Å². The lowest BCUT2D eigenvalue weighted by Gasteiger charge is -2.11. The fraction of sp³-hybridized carbons (Fsp3) is 0.0667. The van der Waals surface area contributed by atoms with Gasteiger partial charge < -0.3 is 10.1 Å². The SMILES string of the molecule is CC(=O)Nc1ccccc1Oc1ccc(-c2nn[nH]n2)cc1. The molecule has 0 saturated heterocycles. The van der Waals surface area contributed by atoms with Gasteiger partial charge in [-0.2, -0.15) is 5.21 Å². The number of aromatic amines is 1. The summed E-state index contributed by atoms with van der Waals surface area (Å²) in [4.78, 5) is 11.2. The molecule has 0 spiro atoms. The summed E-state index contributed by atoms with van der Waals surface area (Å²) in [6.07, 6.45) is 0. The van der Waals surface area contributed by atoms with Gasteiger partial charge in [0.1, 0.15) is 5.75 Å². The molecule has 3 aromatic rings. The number of H-pyrrole nitrogens is 1. The van der Waals surface area contributed by atoms with Crippen LogP contribution in [0.5, 0.6) is 11.5 Å². The van der Waals surface area contributed by atoms with E-state index in [1.807, 2.05) is 24.3 Å².